The Hall–Kier alpha value is -0.820. The fraction of sp³-hybridized carbons (Fsp3) is 0.647. The van der Waals surface area contributed by atoms with Crippen LogP contribution in [0.15, 0.2) is 30.3 Å². The fourth-order valence-electron chi connectivity index (χ4n) is 3.74. The molecular weight excluding hydrogens is 218 g/mol. The molecule has 3 rings (SSSR count). The molecule has 1 aromatic rings. The van der Waals surface area contributed by atoms with Crippen LogP contribution < -0.4 is 0 Å². The molecule has 2 fully saturated rings. The van der Waals surface area contributed by atoms with Crippen molar-refractivity contribution in [2.45, 2.75) is 56.9 Å². The normalized spacial score (nSPS) is 27.2. The minimum absolute atomic E-state index is 0.787. The molecule has 1 aliphatic carbocycles. The fourth-order valence-corrected chi connectivity index (χ4v) is 3.74. The topological polar surface area (TPSA) is 3.24 Å². The molecule has 1 aromatic carbocycles. The van der Waals surface area contributed by atoms with Crippen molar-refractivity contribution < 1.29 is 0 Å². The average Bonchev–Trinajstić information content (AvgIpc) is 2.76. The highest BCUT2D eigenvalue weighted by atomic mass is 15.2. The van der Waals surface area contributed by atoms with E-state index >= 15 is 0 Å². The van der Waals surface area contributed by atoms with Gasteiger partial charge in [0.1, 0.15) is 0 Å². The van der Waals surface area contributed by atoms with Crippen LogP contribution in [0.3, 0.4) is 0 Å². The van der Waals surface area contributed by atoms with Crippen molar-refractivity contribution in [3.05, 3.63) is 35.9 Å². The molecule has 18 heavy (non-hydrogen) atoms. The molecule has 1 saturated heterocycles. The highest BCUT2D eigenvalue weighted by molar-refractivity contribution is 5.21. The van der Waals surface area contributed by atoms with Gasteiger partial charge in [0.2, 0.25) is 0 Å². The first-order valence-corrected chi connectivity index (χ1v) is 7.72. The van der Waals surface area contributed by atoms with Gasteiger partial charge in [0.15, 0.2) is 0 Å². The quantitative estimate of drug-likeness (QED) is 0.704. The van der Waals surface area contributed by atoms with Crippen molar-refractivity contribution in [3.8, 4) is 0 Å². The zero-order chi connectivity index (χ0) is 12.2. The van der Waals surface area contributed by atoms with Crippen LogP contribution in [-0.4, -0.2) is 24.0 Å². The van der Waals surface area contributed by atoms with E-state index in [-0.39, 0.29) is 0 Å². The second-order valence-electron chi connectivity index (χ2n) is 6.04. The molecule has 0 aromatic heterocycles. The van der Waals surface area contributed by atoms with Crippen LogP contribution >= 0.6 is 0 Å². The summed E-state index contributed by atoms with van der Waals surface area (Å²) in [5, 5.41) is 0. The maximum absolute atomic E-state index is 2.78. The molecule has 0 radical (unpaired) electrons. The number of hydrogen-bond acceptors (Lipinski definition) is 1. The smallest absolute Gasteiger partial charge is 0.00955 e. The number of nitrogens with zero attached hydrogens (tertiary/aromatic N) is 1. The van der Waals surface area contributed by atoms with Gasteiger partial charge in [-0.1, -0.05) is 56.0 Å². The minimum Gasteiger partial charge on any atom is -0.300 e. The molecule has 0 N–H and O–H groups in total. The van der Waals surface area contributed by atoms with Gasteiger partial charge >= 0.3 is 0 Å². The molecule has 1 nitrogen and oxygen atoms in total. The van der Waals surface area contributed by atoms with Crippen LogP contribution in [-0.2, 0) is 0 Å². The maximum atomic E-state index is 2.78. The number of likely N-dealkylation sites (tertiary alicyclic amines) is 1. The lowest BCUT2D eigenvalue weighted by Gasteiger charge is -2.26. The first-order valence-electron chi connectivity index (χ1n) is 7.72. The van der Waals surface area contributed by atoms with Crippen molar-refractivity contribution in [1.29, 1.82) is 0 Å². The lowest BCUT2D eigenvalue weighted by Crippen LogP contribution is -2.32. The van der Waals surface area contributed by atoms with Gasteiger partial charge in [-0.25, -0.2) is 0 Å². The van der Waals surface area contributed by atoms with Crippen molar-refractivity contribution in [2.75, 3.05) is 13.1 Å². The first kappa shape index (κ1) is 12.2. The SMILES string of the molecule is c1ccc([C@H]2CCN(C3CCCCCC3)C2)cc1. The van der Waals surface area contributed by atoms with E-state index in [0.717, 1.165) is 12.0 Å². The highest BCUT2D eigenvalue weighted by Gasteiger charge is 2.29. The number of rotatable bonds is 2. The Balaban J connectivity index is 1.61. The third-order valence-electron chi connectivity index (χ3n) is 4.83. The number of hydrogen-bond donors (Lipinski definition) is 0. The van der Waals surface area contributed by atoms with Gasteiger partial charge in [-0.3, -0.25) is 4.90 Å². The largest absolute Gasteiger partial charge is 0.300 e. The second-order valence-corrected chi connectivity index (χ2v) is 6.04. The standard InChI is InChI=1S/C17H25N/c1-2-7-11-17(10-6-1)18-13-12-16(14-18)15-8-4-3-5-9-15/h3-5,8-9,16-17H,1-2,6-7,10-14H2/t16-/m0/s1. The van der Waals surface area contributed by atoms with E-state index in [1.54, 1.807) is 5.56 Å². The van der Waals surface area contributed by atoms with E-state index in [2.05, 4.69) is 35.2 Å². The van der Waals surface area contributed by atoms with Crippen LogP contribution in [0.5, 0.6) is 0 Å². The maximum Gasteiger partial charge on any atom is 0.00955 e. The van der Waals surface area contributed by atoms with Crippen molar-refractivity contribution >= 4 is 0 Å². The van der Waals surface area contributed by atoms with E-state index in [9.17, 15) is 0 Å². The molecule has 98 valence electrons. The van der Waals surface area contributed by atoms with Crippen LogP contribution in [0.2, 0.25) is 0 Å². The second kappa shape index (κ2) is 5.88. The molecule has 2 aliphatic rings. The summed E-state index contributed by atoms with van der Waals surface area (Å²) in [7, 11) is 0. The molecule has 1 atom stereocenters. The zero-order valence-corrected chi connectivity index (χ0v) is 11.4. The third kappa shape index (κ3) is 2.77. The Morgan fingerprint density at radius 1 is 0.833 bits per heavy atom. The molecule has 1 saturated carbocycles. The van der Waals surface area contributed by atoms with Gasteiger partial charge in [0, 0.05) is 12.6 Å². The summed E-state index contributed by atoms with van der Waals surface area (Å²) in [4.78, 5) is 2.78. The lowest BCUT2D eigenvalue weighted by molar-refractivity contribution is 0.218. The molecular formula is C17H25N. The summed E-state index contributed by atoms with van der Waals surface area (Å²) in [6, 6.07) is 12.0. The first-order chi connectivity index (χ1) is 8.93. The van der Waals surface area contributed by atoms with E-state index in [1.165, 1.54) is 58.0 Å². The Morgan fingerprint density at radius 2 is 1.56 bits per heavy atom. The molecule has 0 unspecified atom stereocenters. The van der Waals surface area contributed by atoms with Crippen LogP contribution in [0.4, 0.5) is 0 Å². The monoisotopic (exact) mass is 243 g/mol. The predicted molar refractivity (Wildman–Crippen MR) is 76.9 cm³/mol. The molecule has 0 amide bonds. The summed E-state index contributed by atoms with van der Waals surface area (Å²) < 4.78 is 0. The van der Waals surface area contributed by atoms with Crippen molar-refractivity contribution in [1.82, 2.24) is 4.90 Å². The Kier molecular flexibility index (Phi) is 3.99. The van der Waals surface area contributed by atoms with Crippen LogP contribution in [0.1, 0.15) is 56.4 Å². The Morgan fingerprint density at radius 3 is 2.28 bits per heavy atom. The Labute approximate surface area is 111 Å². The zero-order valence-electron chi connectivity index (χ0n) is 11.4. The summed E-state index contributed by atoms with van der Waals surface area (Å²) in [6.45, 7) is 2.62. The summed E-state index contributed by atoms with van der Waals surface area (Å²) in [6.07, 6.45) is 10.1. The molecule has 1 heterocycles. The van der Waals surface area contributed by atoms with E-state index in [0.29, 0.717) is 0 Å². The molecule has 0 bridgehead atoms. The molecule has 1 aliphatic heterocycles. The summed E-state index contributed by atoms with van der Waals surface area (Å²) in [5.41, 5.74) is 1.55. The molecule has 1 heteroatoms. The van der Waals surface area contributed by atoms with Crippen molar-refractivity contribution in [3.63, 3.8) is 0 Å². The Bertz CT molecular complexity index is 351. The highest BCUT2D eigenvalue weighted by Crippen LogP contribution is 2.31. The van der Waals surface area contributed by atoms with Gasteiger partial charge in [0.05, 0.1) is 0 Å². The van der Waals surface area contributed by atoms with E-state index in [4.69, 9.17) is 0 Å². The summed E-state index contributed by atoms with van der Waals surface area (Å²) in [5.74, 6) is 0.787. The average molecular weight is 243 g/mol. The predicted octanol–water partition coefficient (Wildman–Crippen LogP) is 4.20. The van der Waals surface area contributed by atoms with Gasteiger partial charge in [-0.2, -0.15) is 0 Å². The van der Waals surface area contributed by atoms with Gasteiger partial charge < -0.3 is 0 Å². The molecule has 0 spiro atoms. The van der Waals surface area contributed by atoms with Gasteiger partial charge in [0.25, 0.3) is 0 Å². The van der Waals surface area contributed by atoms with Gasteiger partial charge in [-0.05, 0) is 37.3 Å². The van der Waals surface area contributed by atoms with E-state index < -0.39 is 0 Å². The van der Waals surface area contributed by atoms with E-state index in [1.807, 2.05) is 0 Å². The van der Waals surface area contributed by atoms with Crippen LogP contribution in [0.25, 0.3) is 0 Å². The number of benzene rings is 1. The minimum atomic E-state index is 0.787. The van der Waals surface area contributed by atoms with Gasteiger partial charge in [-0.15, -0.1) is 0 Å². The third-order valence-corrected chi connectivity index (χ3v) is 4.83. The lowest BCUT2D eigenvalue weighted by atomic mass is 9.98. The van der Waals surface area contributed by atoms with Crippen LogP contribution in [0, 0.1) is 0 Å². The summed E-state index contributed by atoms with van der Waals surface area (Å²) >= 11 is 0. The van der Waals surface area contributed by atoms with Crippen molar-refractivity contribution in [2.24, 2.45) is 0 Å².